The van der Waals surface area contributed by atoms with Crippen molar-refractivity contribution in [1.29, 1.82) is 0 Å². The van der Waals surface area contributed by atoms with Crippen molar-refractivity contribution in [3.63, 3.8) is 0 Å². The first kappa shape index (κ1) is 13.3. The molecule has 0 aromatic heterocycles. The smallest absolute Gasteiger partial charge is 0.0471 e. The Balaban J connectivity index is 1.70. The number of anilines is 1. The summed E-state index contributed by atoms with van der Waals surface area (Å²) in [6.45, 7) is 2.21. The van der Waals surface area contributed by atoms with Gasteiger partial charge in [0.2, 0.25) is 0 Å². The minimum atomic E-state index is 0.752. The molecule has 2 N–H and O–H groups in total. The van der Waals surface area contributed by atoms with E-state index in [1.165, 1.54) is 50.6 Å². The average Bonchev–Trinajstić information content (AvgIpc) is 3.03. The molecule has 1 unspecified atom stereocenters. The molecule has 1 aliphatic heterocycles. The maximum Gasteiger partial charge on any atom is 0.0471 e. The molecule has 3 heteroatoms. The molecule has 3 rings (SSSR count). The third-order valence-corrected chi connectivity index (χ3v) is 5.16. The molecule has 1 aliphatic carbocycles. The van der Waals surface area contributed by atoms with Gasteiger partial charge in [0, 0.05) is 23.3 Å². The molecular formula is C16H23ClN2. The van der Waals surface area contributed by atoms with Crippen LogP contribution in [0.15, 0.2) is 18.2 Å². The van der Waals surface area contributed by atoms with Crippen LogP contribution in [-0.4, -0.2) is 17.5 Å². The van der Waals surface area contributed by atoms with Crippen LogP contribution in [0, 0.1) is 5.92 Å². The molecule has 19 heavy (non-hydrogen) atoms. The van der Waals surface area contributed by atoms with Crippen LogP contribution in [0.5, 0.6) is 0 Å². The van der Waals surface area contributed by atoms with E-state index in [1.807, 2.05) is 12.1 Å². The standard InChI is InChI=1S/C16H23ClN2/c17-15-10-14(18)8-7-13(15)11-19-9-3-6-16(19)12-4-1-2-5-12/h7-8,10,12,16H,1-6,9,11,18H2. The molecular weight excluding hydrogens is 256 g/mol. The van der Waals surface area contributed by atoms with Gasteiger partial charge in [-0.25, -0.2) is 0 Å². The normalized spacial score (nSPS) is 25.2. The van der Waals surface area contributed by atoms with E-state index >= 15 is 0 Å². The van der Waals surface area contributed by atoms with Crippen molar-refractivity contribution in [3.8, 4) is 0 Å². The molecule has 2 fully saturated rings. The molecule has 1 aromatic rings. The number of benzene rings is 1. The zero-order chi connectivity index (χ0) is 13.2. The van der Waals surface area contributed by atoms with Gasteiger partial charge in [0.1, 0.15) is 0 Å². The van der Waals surface area contributed by atoms with E-state index in [-0.39, 0.29) is 0 Å². The number of hydrogen-bond donors (Lipinski definition) is 1. The highest BCUT2D eigenvalue weighted by Crippen LogP contribution is 2.36. The molecule has 2 aliphatic rings. The SMILES string of the molecule is Nc1ccc(CN2CCCC2C2CCCC2)c(Cl)c1. The van der Waals surface area contributed by atoms with E-state index < -0.39 is 0 Å². The number of nitrogens with zero attached hydrogens (tertiary/aromatic N) is 1. The van der Waals surface area contributed by atoms with Crippen molar-refractivity contribution in [2.24, 2.45) is 5.92 Å². The summed E-state index contributed by atoms with van der Waals surface area (Å²) < 4.78 is 0. The second-order valence-corrected chi connectivity index (χ2v) is 6.48. The fourth-order valence-electron chi connectivity index (χ4n) is 3.83. The molecule has 0 radical (unpaired) electrons. The fraction of sp³-hybridized carbons (Fsp3) is 0.625. The van der Waals surface area contributed by atoms with Crippen LogP contribution in [0.4, 0.5) is 5.69 Å². The van der Waals surface area contributed by atoms with Crippen molar-refractivity contribution in [3.05, 3.63) is 28.8 Å². The van der Waals surface area contributed by atoms with Gasteiger partial charge in [0.15, 0.2) is 0 Å². The van der Waals surface area contributed by atoms with Crippen molar-refractivity contribution in [2.75, 3.05) is 12.3 Å². The lowest BCUT2D eigenvalue weighted by Gasteiger charge is -2.29. The third kappa shape index (κ3) is 2.90. The number of nitrogen functional groups attached to an aromatic ring is 1. The fourth-order valence-corrected chi connectivity index (χ4v) is 4.08. The Hall–Kier alpha value is -0.730. The Bertz CT molecular complexity index is 440. The van der Waals surface area contributed by atoms with Gasteiger partial charge in [-0.2, -0.15) is 0 Å². The maximum atomic E-state index is 6.31. The van der Waals surface area contributed by atoms with E-state index in [0.717, 1.165) is 29.2 Å². The summed E-state index contributed by atoms with van der Waals surface area (Å²) in [5.41, 5.74) is 7.74. The lowest BCUT2D eigenvalue weighted by Crippen LogP contribution is -2.34. The number of nitrogens with two attached hydrogens (primary N) is 1. The number of hydrogen-bond acceptors (Lipinski definition) is 2. The van der Waals surface area contributed by atoms with Crippen LogP contribution < -0.4 is 5.73 Å². The molecule has 104 valence electrons. The van der Waals surface area contributed by atoms with E-state index in [9.17, 15) is 0 Å². The van der Waals surface area contributed by atoms with Gasteiger partial charge in [-0.1, -0.05) is 30.5 Å². The first-order valence-corrected chi connectivity index (χ1v) is 7.90. The summed E-state index contributed by atoms with van der Waals surface area (Å²) in [5.74, 6) is 0.926. The van der Waals surface area contributed by atoms with Gasteiger partial charge in [-0.05, 0) is 55.8 Å². The first-order valence-electron chi connectivity index (χ1n) is 7.52. The second kappa shape index (κ2) is 5.72. The Labute approximate surface area is 120 Å². The minimum absolute atomic E-state index is 0.752. The topological polar surface area (TPSA) is 29.3 Å². The summed E-state index contributed by atoms with van der Waals surface area (Å²) in [4.78, 5) is 2.65. The van der Waals surface area contributed by atoms with Gasteiger partial charge in [-0.3, -0.25) is 4.90 Å². The van der Waals surface area contributed by atoms with Crippen LogP contribution in [0.25, 0.3) is 0 Å². The van der Waals surface area contributed by atoms with E-state index in [4.69, 9.17) is 17.3 Å². The van der Waals surface area contributed by atoms with Crippen LogP contribution >= 0.6 is 11.6 Å². The highest BCUT2D eigenvalue weighted by atomic mass is 35.5. The summed E-state index contributed by atoms with van der Waals surface area (Å²) in [6.07, 6.45) is 8.42. The van der Waals surface area contributed by atoms with Gasteiger partial charge in [0.05, 0.1) is 0 Å². The minimum Gasteiger partial charge on any atom is -0.399 e. The molecule has 2 nitrogen and oxygen atoms in total. The zero-order valence-electron chi connectivity index (χ0n) is 11.4. The monoisotopic (exact) mass is 278 g/mol. The first-order chi connectivity index (χ1) is 9.24. The van der Waals surface area contributed by atoms with E-state index in [0.29, 0.717) is 0 Å². The lowest BCUT2D eigenvalue weighted by molar-refractivity contribution is 0.183. The summed E-state index contributed by atoms with van der Waals surface area (Å²) in [5, 5.41) is 0.817. The molecule has 0 spiro atoms. The predicted octanol–water partition coefficient (Wildman–Crippen LogP) is 4.08. The van der Waals surface area contributed by atoms with Gasteiger partial charge >= 0.3 is 0 Å². The average molecular weight is 279 g/mol. The summed E-state index contributed by atoms with van der Waals surface area (Å²) >= 11 is 6.31. The van der Waals surface area contributed by atoms with E-state index in [2.05, 4.69) is 11.0 Å². The van der Waals surface area contributed by atoms with Gasteiger partial charge in [0.25, 0.3) is 0 Å². The number of halogens is 1. The quantitative estimate of drug-likeness (QED) is 0.844. The molecule has 1 aromatic carbocycles. The van der Waals surface area contributed by atoms with E-state index in [1.54, 1.807) is 0 Å². The molecule has 1 saturated heterocycles. The summed E-state index contributed by atoms with van der Waals surface area (Å²) in [6, 6.07) is 6.71. The molecule has 1 saturated carbocycles. The Kier molecular flexibility index (Phi) is 3.99. The van der Waals surface area contributed by atoms with Crippen molar-refractivity contribution in [1.82, 2.24) is 4.90 Å². The molecule has 0 amide bonds. The summed E-state index contributed by atoms with van der Waals surface area (Å²) in [7, 11) is 0. The van der Waals surface area contributed by atoms with Crippen LogP contribution in [0.3, 0.4) is 0 Å². The Morgan fingerprint density at radius 3 is 2.68 bits per heavy atom. The van der Waals surface area contributed by atoms with Crippen LogP contribution in [0.2, 0.25) is 5.02 Å². The zero-order valence-corrected chi connectivity index (χ0v) is 12.2. The Morgan fingerprint density at radius 1 is 1.16 bits per heavy atom. The van der Waals surface area contributed by atoms with Crippen molar-refractivity contribution in [2.45, 2.75) is 51.1 Å². The largest absolute Gasteiger partial charge is 0.399 e. The van der Waals surface area contributed by atoms with Gasteiger partial charge < -0.3 is 5.73 Å². The van der Waals surface area contributed by atoms with Gasteiger partial charge in [-0.15, -0.1) is 0 Å². The molecule has 1 heterocycles. The molecule has 0 bridgehead atoms. The van der Waals surface area contributed by atoms with Crippen molar-refractivity contribution >= 4 is 17.3 Å². The van der Waals surface area contributed by atoms with Crippen LogP contribution in [0.1, 0.15) is 44.1 Å². The second-order valence-electron chi connectivity index (χ2n) is 6.08. The predicted molar refractivity (Wildman–Crippen MR) is 81.3 cm³/mol. The van der Waals surface area contributed by atoms with Crippen molar-refractivity contribution < 1.29 is 0 Å². The lowest BCUT2D eigenvalue weighted by atomic mass is 9.96. The maximum absolute atomic E-state index is 6.31. The highest BCUT2D eigenvalue weighted by molar-refractivity contribution is 6.31. The van der Waals surface area contributed by atoms with Crippen LogP contribution in [-0.2, 0) is 6.54 Å². The highest BCUT2D eigenvalue weighted by Gasteiger charge is 2.33. The molecule has 1 atom stereocenters. The number of likely N-dealkylation sites (tertiary alicyclic amines) is 1. The Morgan fingerprint density at radius 2 is 1.95 bits per heavy atom. The number of rotatable bonds is 3. The third-order valence-electron chi connectivity index (χ3n) is 4.81.